The molecule has 0 fully saturated rings. The Hall–Kier alpha value is -1.94. The van der Waals surface area contributed by atoms with Crippen molar-refractivity contribution in [3.63, 3.8) is 0 Å². The molecule has 5 heteroatoms. The monoisotopic (exact) mass is 250 g/mol. The van der Waals surface area contributed by atoms with Gasteiger partial charge in [0.2, 0.25) is 0 Å². The van der Waals surface area contributed by atoms with Gasteiger partial charge in [0.05, 0.1) is 10.6 Å². The highest BCUT2D eigenvalue weighted by atomic mass is 35.5. The van der Waals surface area contributed by atoms with Crippen molar-refractivity contribution in [1.82, 2.24) is 4.98 Å². The molecule has 0 aliphatic rings. The summed E-state index contributed by atoms with van der Waals surface area (Å²) in [6, 6.07) is 5.29. The zero-order valence-electron chi connectivity index (χ0n) is 8.65. The van der Waals surface area contributed by atoms with Gasteiger partial charge in [0.15, 0.2) is 5.78 Å². The second-order valence-corrected chi connectivity index (χ2v) is 3.83. The SMILES string of the molecule is Nc1ccncc1C(=O)c1ccc(F)c(Cl)c1. The average Bonchev–Trinajstić information content (AvgIpc) is 2.32. The molecular formula is C12H8ClFN2O. The second-order valence-electron chi connectivity index (χ2n) is 3.42. The van der Waals surface area contributed by atoms with Crippen LogP contribution in [0.1, 0.15) is 15.9 Å². The molecule has 86 valence electrons. The van der Waals surface area contributed by atoms with Gasteiger partial charge in [-0.15, -0.1) is 0 Å². The lowest BCUT2D eigenvalue weighted by Crippen LogP contribution is -2.06. The Balaban J connectivity index is 2.44. The molecule has 0 bridgehead atoms. The Kier molecular flexibility index (Phi) is 3.06. The van der Waals surface area contributed by atoms with Gasteiger partial charge in [-0.1, -0.05) is 11.6 Å². The third kappa shape index (κ3) is 2.26. The number of carbonyl (C=O) groups excluding carboxylic acids is 1. The largest absolute Gasteiger partial charge is 0.398 e. The smallest absolute Gasteiger partial charge is 0.196 e. The second kappa shape index (κ2) is 4.51. The molecule has 2 N–H and O–H groups in total. The van der Waals surface area contributed by atoms with Crippen molar-refractivity contribution in [2.75, 3.05) is 5.73 Å². The molecular weight excluding hydrogens is 243 g/mol. The maximum Gasteiger partial charge on any atom is 0.196 e. The number of rotatable bonds is 2. The molecule has 0 amide bonds. The molecule has 3 nitrogen and oxygen atoms in total. The van der Waals surface area contributed by atoms with E-state index in [1.165, 1.54) is 30.6 Å². The fraction of sp³-hybridized carbons (Fsp3) is 0. The summed E-state index contributed by atoms with van der Waals surface area (Å²) in [7, 11) is 0. The molecule has 2 rings (SSSR count). The standard InChI is InChI=1S/C12H8ClFN2O/c13-9-5-7(1-2-10(9)14)12(17)8-6-16-4-3-11(8)15/h1-6H,(H2,15,16). The summed E-state index contributed by atoms with van der Waals surface area (Å²) in [5, 5.41) is -0.0988. The van der Waals surface area contributed by atoms with E-state index in [0.29, 0.717) is 5.69 Å². The average molecular weight is 251 g/mol. The number of halogens is 2. The number of hydrogen-bond acceptors (Lipinski definition) is 3. The summed E-state index contributed by atoms with van der Waals surface area (Å²) in [6.07, 6.45) is 2.86. The lowest BCUT2D eigenvalue weighted by molar-refractivity contribution is 0.103. The van der Waals surface area contributed by atoms with Gasteiger partial charge >= 0.3 is 0 Å². The number of benzene rings is 1. The Morgan fingerprint density at radius 3 is 2.76 bits per heavy atom. The summed E-state index contributed by atoms with van der Waals surface area (Å²) < 4.78 is 13.0. The van der Waals surface area contributed by atoms with E-state index in [1.54, 1.807) is 0 Å². The first-order valence-corrected chi connectivity index (χ1v) is 5.16. The van der Waals surface area contributed by atoms with Gasteiger partial charge < -0.3 is 5.73 Å². The third-order valence-electron chi connectivity index (χ3n) is 2.28. The van der Waals surface area contributed by atoms with Crippen LogP contribution in [0.15, 0.2) is 36.7 Å². The van der Waals surface area contributed by atoms with Gasteiger partial charge in [0, 0.05) is 23.6 Å². The van der Waals surface area contributed by atoms with E-state index >= 15 is 0 Å². The van der Waals surface area contributed by atoms with Crippen LogP contribution in [0.5, 0.6) is 0 Å². The normalized spacial score (nSPS) is 10.2. The van der Waals surface area contributed by atoms with Gasteiger partial charge in [-0.2, -0.15) is 0 Å². The quantitative estimate of drug-likeness (QED) is 0.834. The maximum atomic E-state index is 13.0. The molecule has 0 radical (unpaired) electrons. The highest BCUT2D eigenvalue weighted by molar-refractivity contribution is 6.31. The number of aromatic nitrogens is 1. The molecule has 0 spiro atoms. The molecule has 0 aliphatic heterocycles. The van der Waals surface area contributed by atoms with E-state index in [9.17, 15) is 9.18 Å². The van der Waals surface area contributed by atoms with Crippen LogP contribution < -0.4 is 5.73 Å². The number of nitrogens with zero attached hydrogens (tertiary/aromatic N) is 1. The minimum absolute atomic E-state index is 0.0988. The Labute approximate surface area is 102 Å². The number of nitrogen functional groups attached to an aromatic ring is 1. The van der Waals surface area contributed by atoms with Crippen LogP contribution in [0.2, 0.25) is 5.02 Å². The predicted molar refractivity (Wildman–Crippen MR) is 63.5 cm³/mol. The lowest BCUT2D eigenvalue weighted by Gasteiger charge is -2.04. The number of ketones is 1. The van der Waals surface area contributed by atoms with Crippen molar-refractivity contribution in [2.45, 2.75) is 0 Å². The maximum absolute atomic E-state index is 13.0. The van der Waals surface area contributed by atoms with Gasteiger partial charge in [-0.25, -0.2) is 4.39 Å². The lowest BCUT2D eigenvalue weighted by atomic mass is 10.0. The summed E-state index contributed by atoms with van der Waals surface area (Å²) in [5.74, 6) is -0.903. The molecule has 1 aromatic carbocycles. The van der Waals surface area contributed by atoms with Crippen LogP contribution in [0.25, 0.3) is 0 Å². The number of carbonyl (C=O) groups is 1. The highest BCUT2D eigenvalue weighted by Gasteiger charge is 2.13. The van der Waals surface area contributed by atoms with Crippen LogP contribution in [0.3, 0.4) is 0 Å². The molecule has 0 saturated carbocycles. The van der Waals surface area contributed by atoms with Crippen molar-refractivity contribution >= 4 is 23.1 Å². The molecule has 2 aromatic rings. The molecule has 17 heavy (non-hydrogen) atoms. The molecule has 1 heterocycles. The summed E-state index contributed by atoms with van der Waals surface area (Å²) in [4.78, 5) is 15.9. The van der Waals surface area contributed by atoms with E-state index < -0.39 is 5.82 Å². The van der Waals surface area contributed by atoms with E-state index in [0.717, 1.165) is 6.07 Å². The number of pyridine rings is 1. The molecule has 0 saturated heterocycles. The van der Waals surface area contributed by atoms with Crippen molar-refractivity contribution in [3.8, 4) is 0 Å². The third-order valence-corrected chi connectivity index (χ3v) is 2.57. The van der Waals surface area contributed by atoms with Crippen molar-refractivity contribution in [2.24, 2.45) is 0 Å². The predicted octanol–water partition coefficient (Wildman–Crippen LogP) is 2.69. The van der Waals surface area contributed by atoms with E-state index in [-0.39, 0.29) is 21.9 Å². The van der Waals surface area contributed by atoms with Crippen LogP contribution in [0, 0.1) is 5.82 Å². The van der Waals surface area contributed by atoms with Crippen LogP contribution in [0.4, 0.5) is 10.1 Å². The van der Waals surface area contributed by atoms with Crippen molar-refractivity contribution < 1.29 is 9.18 Å². The topological polar surface area (TPSA) is 56.0 Å². The van der Waals surface area contributed by atoms with E-state index in [1.807, 2.05) is 0 Å². The van der Waals surface area contributed by atoms with Crippen LogP contribution in [-0.4, -0.2) is 10.8 Å². The number of hydrogen-bond donors (Lipinski definition) is 1. The fourth-order valence-corrected chi connectivity index (χ4v) is 1.57. The minimum Gasteiger partial charge on any atom is -0.398 e. The minimum atomic E-state index is -0.567. The molecule has 0 aliphatic carbocycles. The van der Waals surface area contributed by atoms with Gasteiger partial charge in [-0.3, -0.25) is 9.78 Å². The zero-order chi connectivity index (χ0) is 12.4. The number of nitrogens with two attached hydrogens (primary N) is 1. The Morgan fingerprint density at radius 2 is 2.12 bits per heavy atom. The fourth-order valence-electron chi connectivity index (χ4n) is 1.39. The van der Waals surface area contributed by atoms with Gasteiger partial charge in [0.1, 0.15) is 5.82 Å². The summed E-state index contributed by atoms with van der Waals surface area (Å²) in [5.41, 5.74) is 6.53. The molecule has 0 atom stereocenters. The van der Waals surface area contributed by atoms with Crippen LogP contribution in [-0.2, 0) is 0 Å². The van der Waals surface area contributed by atoms with E-state index in [2.05, 4.69) is 4.98 Å². The summed E-state index contributed by atoms with van der Waals surface area (Å²) in [6.45, 7) is 0. The first-order valence-electron chi connectivity index (χ1n) is 4.79. The van der Waals surface area contributed by atoms with Crippen molar-refractivity contribution in [1.29, 1.82) is 0 Å². The summed E-state index contributed by atoms with van der Waals surface area (Å²) >= 11 is 5.61. The first kappa shape index (κ1) is 11.5. The molecule has 0 unspecified atom stereocenters. The molecule has 1 aromatic heterocycles. The van der Waals surface area contributed by atoms with E-state index in [4.69, 9.17) is 17.3 Å². The van der Waals surface area contributed by atoms with Crippen LogP contribution >= 0.6 is 11.6 Å². The zero-order valence-corrected chi connectivity index (χ0v) is 9.41. The van der Waals surface area contributed by atoms with Gasteiger partial charge in [0.25, 0.3) is 0 Å². The van der Waals surface area contributed by atoms with Crippen molar-refractivity contribution in [3.05, 3.63) is 58.6 Å². The highest BCUT2D eigenvalue weighted by Crippen LogP contribution is 2.20. The first-order chi connectivity index (χ1) is 8.09. The van der Waals surface area contributed by atoms with Gasteiger partial charge in [-0.05, 0) is 24.3 Å². The Bertz CT molecular complexity index is 586. The number of anilines is 1. The Morgan fingerprint density at radius 1 is 1.35 bits per heavy atom.